The van der Waals surface area contributed by atoms with E-state index in [4.69, 9.17) is 11.6 Å². The first-order valence-corrected chi connectivity index (χ1v) is 8.32. The Hall–Kier alpha value is -1.07. The predicted molar refractivity (Wildman–Crippen MR) is 87.2 cm³/mol. The van der Waals surface area contributed by atoms with Crippen LogP contribution in [-0.4, -0.2) is 40.9 Å². The fourth-order valence-electron chi connectivity index (χ4n) is 2.67. The summed E-state index contributed by atoms with van der Waals surface area (Å²) < 4.78 is 1.42. The zero-order valence-corrected chi connectivity index (χ0v) is 13.5. The van der Waals surface area contributed by atoms with Crippen molar-refractivity contribution >= 4 is 17.3 Å². The second-order valence-corrected chi connectivity index (χ2v) is 5.96. The maximum absolute atomic E-state index is 12.0. The van der Waals surface area contributed by atoms with Crippen LogP contribution in [0.15, 0.2) is 11.0 Å². The zero-order chi connectivity index (χ0) is 15.1. The Morgan fingerprint density at radius 2 is 1.95 bits per heavy atom. The normalized spacial score (nSPS) is 16.7. The molecule has 2 heterocycles. The quantitative estimate of drug-likeness (QED) is 0.877. The highest BCUT2D eigenvalue weighted by Crippen LogP contribution is 2.15. The summed E-state index contributed by atoms with van der Waals surface area (Å²) in [6, 6.07) is 0. The second-order valence-electron chi connectivity index (χ2n) is 5.58. The standard InChI is InChI=1S/C15H25ClN4O/c1-2-8-20-15(21)14(16)13(12-18-20)17-7-11-19-9-5-3-4-6-10-19/h12,17H,2-11H2,1H3. The minimum absolute atomic E-state index is 0.210. The monoisotopic (exact) mass is 312 g/mol. The molecule has 0 atom stereocenters. The number of aryl methyl sites for hydroxylation is 1. The average molecular weight is 313 g/mol. The molecule has 1 aliphatic rings. The third kappa shape index (κ3) is 4.71. The molecule has 0 aromatic carbocycles. The molecule has 0 bridgehead atoms. The van der Waals surface area contributed by atoms with Gasteiger partial charge in [-0.1, -0.05) is 31.4 Å². The molecule has 0 radical (unpaired) electrons. The molecule has 0 aliphatic carbocycles. The van der Waals surface area contributed by atoms with E-state index in [0.717, 1.165) is 19.5 Å². The molecular formula is C15H25ClN4O. The van der Waals surface area contributed by atoms with Crippen molar-refractivity contribution in [2.45, 2.75) is 45.6 Å². The van der Waals surface area contributed by atoms with Crippen LogP contribution in [0.5, 0.6) is 0 Å². The van der Waals surface area contributed by atoms with E-state index in [9.17, 15) is 4.79 Å². The Morgan fingerprint density at radius 1 is 1.24 bits per heavy atom. The van der Waals surface area contributed by atoms with E-state index < -0.39 is 0 Å². The summed E-state index contributed by atoms with van der Waals surface area (Å²) in [6.07, 6.45) is 7.78. The maximum atomic E-state index is 12.0. The lowest BCUT2D eigenvalue weighted by Crippen LogP contribution is -2.30. The van der Waals surface area contributed by atoms with Crippen LogP contribution in [0.1, 0.15) is 39.0 Å². The first-order chi connectivity index (χ1) is 10.2. The molecule has 118 valence electrons. The van der Waals surface area contributed by atoms with Gasteiger partial charge >= 0.3 is 0 Å². The summed E-state index contributed by atoms with van der Waals surface area (Å²) in [6.45, 7) is 6.73. The van der Waals surface area contributed by atoms with Crippen LogP contribution in [0.2, 0.25) is 5.02 Å². The Bertz CT molecular complexity index is 495. The average Bonchev–Trinajstić information content (AvgIpc) is 2.75. The predicted octanol–water partition coefficient (Wildman–Crippen LogP) is 2.59. The molecule has 6 heteroatoms. The SMILES string of the molecule is CCCn1ncc(NCCN2CCCCCC2)c(Cl)c1=O. The Kier molecular flexibility index (Phi) is 6.51. The molecule has 1 aromatic heterocycles. The van der Waals surface area contributed by atoms with E-state index in [1.165, 1.54) is 43.5 Å². The number of likely N-dealkylation sites (tertiary alicyclic amines) is 1. The molecule has 1 fully saturated rings. The van der Waals surface area contributed by atoms with Gasteiger partial charge in [-0.25, -0.2) is 4.68 Å². The first-order valence-electron chi connectivity index (χ1n) is 7.94. The van der Waals surface area contributed by atoms with E-state index in [-0.39, 0.29) is 10.6 Å². The third-order valence-corrected chi connectivity index (χ3v) is 4.23. The van der Waals surface area contributed by atoms with Gasteiger partial charge in [-0.2, -0.15) is 5.10 Å². The van der Waals surface area contributed by atoms with Gasteiger partial charge in [0, 0.05) is 19.6 Å². The van der Waals surface area contributed by atoms with Crippen molar-refractivity contribution in [3.05, 3.63) is 21.6 Å². The number of rotatable bonds is 6. The fourth-order valence-corrected chi connectivity index (χ4v) is 2.88. The molecule has 0 spiro atoms. The largest absolute Gasteiger partial charge is 0.381 e. The highest BCUT2D eigenvalue weighted by Gasteiger charge is 2.11. The van der Waals surface area contributed by atoms with Gasteiger partial charge in [-0.3, -0.25) is 4.79 Å². The van der Waals surface area contributed by atoms with Gasteiger partial charge in [-0.05, 0) is 32.4 Å². The van der Waals surface area contributed by atoms with Crippen LogP contribution in [0.4, 0.5) is 5.69 Å². The van der Waals surface area contributed by atoms with Gasteiger partial charge in [0.25, 0.3) is 5.56 Å². The molecule has 1 aliphatic heterocycles. The van der Waals surface area contributed by atoms with Crippen LogP contribution in [0.3, 0.4) is 0 Å². The van der Waals surface area contributed by atoms with Crippen LogP contribution >= 0.6 is 11.6 Å². The lowest BCUT2D eigenvalue weighted by molar-refractivity contribution is 0.296. The zero-order valence-electron chi connectivity index (χ0n) is 12.8. The van der Waals surface area contributed by atoms with E-state index >= 15 is 0 Å². The molecular weight excluding hydrogens is 288 g/mol. The Balaban J connectivity index is 1.88. The molecule has 0 unspecified atom stereocenters. The fraction of sp³-hybridized carbons (Fsp3) is 0.733. The summed E-state index contributed by atoms with van der Waals surface area (Å²) in [5.74, 6) is 0. The highest BCUT2D eigenvalue weighted by atomic mass is 35.5. The molecule has 0 amide bonds. The Morgan fingerprint density at radius 3 is 2.62 bits per heavy atom. The number of anilines is 1. The van der Waals surface area contributed by atoms with Crippen LogP contribution in [0, 0.1) is 0 Å². The van der Waals surface area contributed by atoms with Crippen molar-refractivity contribution in [1.82, 2.24) is 14.7 Å². The van der Waals surface area contributed by atoms with E-state index in [0.29, 0.717) is 12.2 Å². The first kappa shape index (κ1) is 16.3. The van der Waals surface area contributed by atoms with E-state index in [1.807, 2.05) is 6.92 Å². The van der Waals surface area contributed by atoms with Crippen molar-refractivity contribution in [3.8, 4) is 0 Å². The molecule has 2 rings (SSSR count). The summed E-state index contributed by atoms with van der Waals surface area (Å²) in [5.41, 5.74) is 0.433. The minimum Gasteiger partial charge on any atom is -0.381 e. The van der Waals surface area contributed by atoms with Crippen molar-refractivity contribution in [1.29, 1.82) is 0 Å². The van der Waals surface area contributed by atoms with Gasteiger partial charge in [0.05, 0.1) is 11.9 Å². The van der Waals surface area contributed by atoms with Crippen molar-refractivity contribution in [2.75, 3.05) is 31.5 Å². The molecule has 5 nitrogen and oxygen atoms in total. The second kappa shape index (κ2) is 8.39. The highest BCUT2D eigenvalue weighted by molar-refractivity contribution is 6.32. The molecule has 0 saturated carbocycles. The van der Waals surface area contributed by atoms with Crippen LogP contribution in [0.25, 0.3) is 0 Å². The number of halogens is 1. The van der Waals surface area contributed by atoms with E-state index in [1.54, 1.807) is 6.20 Å². The van der Waals surface area contributed by atoms with Crippen molar-refractivity contribution in [2.24, 2.45) is 0 Å². The Labute approximate surface area is 131 Å². The number of nitrogens with one attached hydrogen (secondary N) is 1. The topological polar surface area (TPSA) is 50.2 Å². The lowest BCUT2D eigenvalue weighted by Gasteiger charge is -2.20. The molecule has 1 aromatic rings. The van der Waals surface area contributed by atoms with Gasteiger partial charge in [0.1, 0.15) is 5.02 Å². The number of aromatic nitrogens is 2. The van der Waals surface area contributed by atoms with Crippen molar-refractivity contribution in [3.63, 3.8) is 0 Å². The number of hydrogen-bond acceptors (Lipinski definition) is 4. The van der Waals surface area contributed by atoms with Crippen molar-refractivity contribution < 1.29 is 0 Å². The molecule has 21 heavy (non-hydrogen) atoms. The smallest absolute Gasteiger partial charge is 0.287 e. The molecule has 1 saturated heterocycles. The van der Waals surface area contributed by atoms with Gasteiger partial charge in [-0.15, -0.1) is 0 Å². The summed E-state index contributed by atoms with van der Waals surface area (Å²) in [5, 5.41) is 7.64. The van der Waals surface area contributed by atoms with Gasteiger partial charge in [0.15, 0.2) is 0 Å². The maximum Gasteiger partial charge on any atom is 0.287 e. The lowest BCUT2D eigenvalue weighted by atomic mass is 10.2. The minimum atomic E-state index is -0.210. The number of nitrogens with zero attached hydrogens (tertiary/aromatic N) is 3. The summed E-state index contributed by atoms with van der Waals surface area (Å²) in [7, 11) is 0. The summed E-state index contributed by atoms with van der Waals surface area (Å²) >= 11 is 6.13. The number of hydrogen-bond donors (Lipinski definition) is 1. The van der Waals surface area contributed by atoms with Crippen LogP contribution < -0.4 is 10.9 Å². The summed E-state index contributed by atoms with van der Waals surface area (Å²) in [4.78, 5) is 14.5. The van der Waals surface area contributed by atoms with Gasteiger partial charge in [0.2, 0.25) is 0 Å². The van der Waals surface area contributed by atoms with E-state index in [2.05, 4.69) is 15.3 Å². The van der Waals surface area contributed by atoms with Gasteiger partial charge < -0.3 is 10.2 Å². The molecule has 1 N–H and O–H groups in total. The van der Waals surface area contributed by atoms with Crippen LogP contribution in [-0.2, 0) is 6.54 Å². The third-order valence-electron chi connectivity index (χ3n) is 3.86.